The van der Waals surface area contributed by atoms with Crippen molar-refractivity contribution in [2.45, 2.75) is 13.2 Å². The van der Waals surface area contributed by atoms with Gasteiger partial charge in [-0.25, -0.2) is 4.68 Å². The van der Waals surface area contributed by atoms with Crippen LogP contribution in [-0.4, -0.2) is 21.5 Å². The monoisotopic (exact) mass is 487 g/mol. The Hall–Kier alpha value is -3.20. The number of hydrogen-bond donors (Lipinski definition) is 2. The Balaban J connectivity index is 2.07. The highest BCUT2D eigenvalue weighted by Gasteiger charge is 2.20. The van der Waals surface area contributed by atoms with Gasteiger partial charge in [-0.05, 0) is 24.3 Å². The highest BCUT2D eigenvalue weighted by atomic mass is 35.5. The molecule has 0 fully saturated rings. The second kappa shape index (κ2) is 10.4. The van der Waals surface area contributed by atoms with Crippen LogP contribution < -0.4 is 10.5 Å². The molecule has 1 heterocycles. The maximum absolute atomic E-state index is 9.77. The number of nitrogen functional groups attached to an aromatic ring is 1. The number of anilines is 1. The van der Waals surface area contributed by atoms with E-state index in [-0.39, 0.29) is 53.2 Å². The number of aromatic nitrogens is 2. The predicted molar refractivity (Wildman–Crippen MR) is 124 cm³/mol. The fourth-order valence-electron chi connectivity index (χ4n) is 2.95. The topological polar surface area (TPSA) is 121 Å². The third-order valence-electron chi connectivity index (χ3n) is 4.46. The summed E-state index contributed by atoms with van der Waals surface area (Å²) >= 11 is 18.7. The Kier molecular flexibility index (Phi) is 7.63. The van der Waals surface area contributed by atoms with Gasteiger partial charge in [-0.15, -0.1) is 0 Å². The number of allylic oxidation sites excluding steroid dienone is 1. The second-order valence-electron chi connectivity index (χ2n) is 6.52. The molecule has 0 radical (unpaired) electrons. The number of rotatable bonds is 7. The SMILES string of the molecule is N#C/C(=C\c1cc(Cl)cc(Cl)c1OCc1ccccc1Cl)c1nn(CCO)c(N)c1C#N. The summed E-state index contributed by atoms with van der Waals surface area (Å²) < 4.78 is 7.18. The van der Waals surface area contributed by atoms with E-state index in [0.717, 1.165) is 5.56 Å². The summed E-state index contributed by atoms with van der Waals surface area (Å²) in [5, 5.41) is 33.8. The number of halogens is 3. The molecule has 32 heavy (non-hydrogen) atoms. The molecule has 0 saturated heterocycles. The van der Waals surface area contributed by atoms with Gasteiger partial charge in [-0.3, -0.25) is 0 Å². The fraction of sp³-hybridized carbons (Fsp3) is 0.136. The largest absolute Gasteiger partial charge is 0.487 e. The molecule has 0 aliphatic carbocycles. The van der Waals surface area contributed by atoms with Crippen LogP contribution >= 0.6 is 34.8 Å². The molecule has 0 amide bonds. The van der Waals surface area contributed by atoms with Crippen LogP contribution in [0.5, 0.6) is 5.75 Å². The molecule has 162 valence electrons. The van der Waals surface area contributed by atoms with Crippen molar-refractivity contribution in [2.75, 3.05) is 12.3 Å². The molecule has 2 aromatic carbocycles. The number of aliphatic hydroxyl groups excluding tert-OH is 1. The molecule has 0 unspecified atom stereocenters. The lowest BCUT2D eigenvalue weighted by Gasteiger charge is -2.13. The van der Waals surface area contributed by atoms with Crippen LogP contribution in [0.1, 0.15) is 22.4 Å². The van der Waals surface area contributed by atoms with Gasteiger partial charge in [-0.2, -0.15) is 15.6 Å². The molecule has 10 heteroatoms. The smallest absolute Gasteiger partial charge is 0.145 e. The van der Waals surface area contributed by atoms with Crippen molar-refractivity contribution in [2.24, 2.45) is 0 Å². The first-order valence-corrected chi connectivity index (χ1v) is 10.4. The molecular weight excluding hydrogens is 473 g/mol. The average Bonchev–Trinajstić information content (AvgIpc) is 3.07. The van der Waals surface area contributed by atoms with Crippen LogP contribution in [0.15, 0.2) is 36.4 Å². The van der Waals surface area contributed by atoms with Crippen molar-refractivity contribution in [3.05, 3.63) is 73.9 Å². The Morgan fingerprint density at radius 1 is 1.19 bits per heavy atom. The van der Waals surface area contributed by atoms with Crippen LogP contribution in [0.3, 0.4) is 0 Å². The molecular formula is C22H16Cl3N5O2. The van der Waals surface area contributed by atoms with Crippen LogP contribution in [0, 0.1) is 22.7 Å². The van der Waals surface area contributed by atoms with E-state index < -0.39 is 0 Å². The van der Waals surface area contributed by atoms with E-state index in [1.807, 2.05) is 30.3 Å². The first kappa shape index (κ1) is 23.5. The minimum Gasteiger partial charge on any atom is -0.487 e. The Bertz CT molecular complexity index is 1270. The molecule has 1 aromatic heterocycles. The van der Waals surface area contributed by atoms with Crippen molar-refractivity contribution >= 4 is 52.3 Å². The maximum atomic E-state index is 9.77. The zero-order valence-corrected chi connectivity index (χ0v) is 18.8. The van der Waals surface area contributed by atoms with Gasteiger partial charge in [0.25, 0.3) is 0 Å². The van der Waals surface area contributed by atoms with Crippen molar-refractivity contribution in [3.8, 4) is 17.9 Å². The zero-order valence-electron chi connectivity index (χ0n) is 16.5. The normalized spacial score (nSPS) is 11.1. The van der Waals surface area contributed by atoms with Crippen LogP contribution in [0.2, 0.25) is 15.1 Å². The van der Waals surface area contributed by atoms with Gasteiger partial charge in [-0.1, -0.05) is 53.0 Å². The first-order valence-electron chi connectivity index (χ1n) is 9.24. The molecule has 0 saturated carbocycles. The van der Waals surface area contributed by atoms with Crippen molar-refractivity contribution < 1.29 is 9.84 Å². The predicted octanol–water partition coefficient (Wildman–Crippen LogP) is 4.93. The van der Waals surface area contributed by atoms with Gasteiger partial charge in [0.1, 0.15) is 41.6 Å². The molecule has 3 N–H and O–H groups in total. The lowest BCUT2D eigenvalue weighted by Crippen LogP contribution is -2.07. The summed E-state index contributed by atoms with van der Waals surface area (Å²) in [4.78, 5) is 0. The summed E-state index contributed by atoms with van der Waals surface area (Å²) in [5.41, 5.74) is 7.25. The lowest BCUT2D eigenvalue weighted by molar-refractivity contribution is 0.270. The number of nitrogens with zero attached hydrogens (tertiary/aromatic N) is 4. The van der Waals surface area contributed by atoms with E-state index in [9.17, 15) is 15.6 Å². The van der Waals surface area contributed by atoms with Gasteiger partial charge < -0.3 is 15.6 Å². The minimum atomic E-state index is -0.230. The number of aliphatic hydroxyl groups is 1. The number of nitriles is 2. The van der Waals surface area contributed by atoms with E-state index in [1.165, 1.54) is 16.8 Å². The Morgan fingerprint density at radius 2 is 1.94 bits per heavy atom. The summed E-state index contributed by atoms with van der Waals surface area (Å²) in [7, 11) is 0. The van der Waals surface area contributed by atoms with E-state index in [2.05, 4.69) is 5.10 Å². The minimum absolute atomic E-state index is 0.0258. The molecule has 3 aromatic rings. The standard InChI is InChI=1S/C22H16Cl3N5O2/c23-16-8-14(21(19(25)9-16)32-12-13-3-1-2-4-18(13)24)7-15(10-26)20-17(11-27)22(28)30(29-20)5-6-31/h1-4,7-9,31H,5-6,12,28H2/b15-7+. The highest BCUT2D eigenvalue weighted by Crippen LogP contribution is 2.36. The highest BCUT2D eigenvalue weighted by molar-refractivity contribution is 6.36. The summed E-state index contributed by atoms with van der Waals surface area (Å²) in [5.74, 6) is 0.335. The average molecular weight is 489 g/mol. The molecule has 0 spiro atoms. The van der Waals surface area contributed by atoms with Crippen molar-refractivity contribution in [3.63, 3.8) is 0 Å². The third-order valence-corrected chi connectivity index (χ3v) is 5.33. The number of ether oxygens (including phenoxy) is 1. The molecule has 0 bridgehead atoms. The van der Waals surface area contributed by atoms with E-state index >= 15 is 0 Å². The Morgan fingerprint density at radius 3 is 2.59 bits per heavy atom. The summed E-state index contributed by atoms with van der Waals surface area (Å²) in [6.45, 7) is -0.0224. The molecule has 7 nitrogen and oxygen atoms in total. The van der Waals surface area contributed by atoms with Gasteiger partial charge >= 0.3 is 0 Å². The Labute approximate surface area is 199 Å². The van der Waals surface area contributed by atoms with Gasteiger partial charge in [0, 0.05) is 21.2 Å². The number of hydrogen-bond acceptors (Lipinski definition) is 6. The second-order valence-corrected chi connectivity index (χ2v) is 7.77. The first-order chi connectivity index (χ1) is 15.4. The van der Waals surface area contributed by atoms with Gasteiger partial charge in [0.2, 0.25) is 0 Å². The fourth-order valence-corrected chi connectivity index (χ4v) is 3.71. The summed E-state index contributed by atoms with van der Waals surface area (Å²) in [6.07, 6.45) is 1.46. The maximum Gasteiger partial charge on any atom is 0.145 e. The molecule has 0 atom stereocenters. The number of benzene rings is 2. The van der Waals surface area contributed by atoms with Gasteiger partial charge in [0.05, 0.1) is 23.7 Å². The molecule has 3 rings (SSSR count). The van der Waals surface area contributed by atoms with E-state index in [0.29, 0.717) is 15.6 Å². The van der Waals surface area contributed by atoms with E-state index in [4.69, 9.17) is 45.3 Å². The van der Waals surface area contributed by atoms with Crippen LogP contribution in [-0.2, 0) is 13.2 Å². The van der Waals surface area contributed by atoms with Crippen LogP contribution in [0.25, 0.3) is 11.6 Å². The number of nitrogens with two attached hydrogens (primary N) is 1. The van der Waals surface area contributed by atoms with Gasteiger partial charge in [0.15, 0.2) is 0 Å². The van der Waals surface area contributed by atoms with E-state index in [1.54, 1.807) is 12.1 Å². The quantitative estimate of drug-likeness (QED) is 0.455. The van der Waals surface area contributed by atoms with Crippen LogP contribution in [0.4, 0.5) is 5.82 Å². The zero-order chi connectivity index (χ0) is 23.3. The summed E-state index contributed by atoms with van der Waals surface area (Å²) in [6, 6.07) is 14.3. The van der Waals surface area contributed by atoms with Crippen molar-refractivity contribution in [1.82, 2.24) is 9.78 Å². The molecule has 0 aliphatic rings. The van der Waals surface area contributed by atoms with Crippen molar-refractivity contribution in [1.29, 1.82) is 10.5 Å². The lowest BCUT2D eigenvalue weighted by atomic mass is 10.1. The molecule has 0 aliphatic heterocycles. The third kappa shape index (κ3) is 4.99.